The average molecular weight is 387 g/mol. The van der Waals surface area contributed by atoms with Crippen LogP contribution in [0.2, 0.25) is 5.02 Å². The first-order chi connectivity index (χ1) is 13.0. The lowest BCUT2D eigenvalue weighted by molar-refractivity contribution is -0.116. The number of hydrogen-bond acceptors (Lipinski definition) is 4. The van der Waals surface area contributed by atoms with Gasteiger partial charge in [-0.1, -0.05) is 23.7 Å². The van der Waals surface area contributed by atoms with E-state index in [9.17, 15) is 9.59 Å². The largest absolute Gasteiger partial charge is 0.495 e. The highest BCUT2D eigenvalue weighted by atomic mass is 35.5. The lowest BCUT2D eigenvalue weighted by Crippen LogP contribution is -2.37. The molecule has 6 nitrogen and oxygen atoms in total. The van der Waals surface area contributed by atoms with Crippen molar-refractivity contribution in [3.05, 3.63) is 59.3 Å². The summed E-state index contributed by atoms with van der Waals surface area (Å²) in [7, 11) is 1.53. The Morgan fingerprint density at radius 3 is 2.70 bits per heavy atom. The summed E-state index contributed by atoms with van der Waals surface area (Å²) in [6.07, 6.45) is 0. The van der Waals surface area contributed by atoms with Crippen LogP contribution in [0.5, 0.6) is 5.75 Å². The van der Waals surface area contributed by atoms with E-state index in [0.29, 0.717) is 28.6 Å². The number of fused-ring (bicyclic) bond motifs is 1. The van der Waals surface area contributed by atoms with E-state index in [0.717, 1.165) is 5.39 Å². The third-order valence-electron chi connectivity index (χ3n) is 4.07. The van der Waals surface area contributed by atoms with Crippen molar-refractivity contribution in [2.75, 3.05) is 25.5 Å². The molecule has 1 heterocycles. The van der Waals surface area contributed by atoms with Crippen LogP contribution in [0.15, 0.2) is 52.9 Å². The second kappa shape index (κ2) is 8.14. The van der Waals surface area contributed by atoms with Crippen LogP contribution in [0.25, 0.3) is 11.0 Å². The Morgan fingerprint density at radius 2 is 1.96 bits per heavy atom. The number of anilines is 1. The molecule has 0 unspecified atom stereocenters. The number of methoxy groups -OCH3 is 1. The standard InChI is InChI=1S/C20H19ClN2O4/c1-3-23(12-19(24)22-15-6-4-5-7-17(15)26-2)20(25)18-11-13-10-14(21)8-9-16(13)27-18/h4-11H,3,12H2,1-2H3,(H,22,24). The molecule has 3 rings (SSSR count). The zero-order valence-electron chi connectivity index (χ0n) is 15.0. The number of para-hydroxylation sites is 2. The summed E-state index contributed by atoms with van der Waals surface area (Å²) in [5.41, 5.74) is 1.11. The Kier molecular flexibility index (Phi) is 5.66. The fraction of sp³-hybridized carbons (Fsp3) is 0.200. The maximum Gasteiger partial charge on any atom is 0.290 e. The van der Waals surface area contributed by atoms with Crippen molar-refractivity contribution < 1.29 is 18.7 Å². The molecule has 7 heteroatoms. The van der Waals surface area contributed by atoms with E-state index in [1.165, 1.54) is 12.0 Å². The molecule has 0 aliphatic rings. The normalized spacial score (nSPS) is 10.6. The second-order valence-corrected chi connectivity index (χ2v) is 6.30. The number of nitrogens with zero attached hydrogens (tertiary/aromatic N) is 1. The molecule has 0 saturated heterocycles. The number of hydrogen-bond donors (Lipinski definition) is 1. The number of furan rings is 1. The first kappa shape index (κ1) is 18.8. The van der Waals surface area contributed by atoms with Crippen LogP contribution in [0.1, 0.15) is 17.5 Å². The summed E-state index contributed by atoms with van der Waals surface area (Å²) in [6, 6.07) is 13.8. The van der Waals surface area contributed by atoms with E-state index in [2.05, 4.69) is 5.32 Å². The van der Waals surface area contributed by atoms with Crippen molar-refractivity contribution in [2.45, 2.75) is 6.92 Å². The molecule has 3 aromatic rings. The number of rotatable bonds is 6. The highest BCUT2D eigenvalue weighted by Crippen LogP contribution is 2.25. The number of carbonyl (C=O) groups excluding carboxylic acids is 2. The lowest BCUT2D eigenvalue weighted by atomic mass is 10.2. The maximum atomic E-state index is 12.7. The van der Waals surface area contributed by atoms with Crippen molar-refractivity contribution in [2.24, 2.45) is 0 Å². The van der Waals surface area contributed by atoms with Gasteiger partial charge in [-0.25, -0.2) is 0 Å². The van der Waals surface area contributed by atoms with E-state index in [-0.39, 0.29) is 24.1 Å². The molecule has 0 fully saturated rings. The molecule has 0 aliphatic heterocycles. The summed E-state index contributed by atoms with van der Waals surface area (Å²) in [6.45, 7) is 2.05. The Bertz CT molecular complexity index is 983. The first-order valence-corrected chi connectivity index (χ1v) is 8.81. The maximum absolute atomic E-state index is 12.7. The van der Waals surface area contributed by atoms with E-state index in [4.69, 9.17) is 20.8 Å². The fourth-order valence-corrected chi connectivity index (χ4v) is 2.89. The van der Waals surface area contributed by atoms with E-state index >= 15 is 0 Å². The third-order valence-corrected chi connectivity index (χ3v) is 4.31. The summed E-state index contributed by atoms with van der Waals surface area (Å²) < 4.78 is 10.8. The number of halogens is 1. The Hall–Kier alpha value is -2.99. The highest BCUT2D eigenvalue weighted by Gasteiger charge is 2.21. The van der Waals surface area contributed by atoms with Crippen molar-refractivity contribution in [1.29, 1.82) is 0 Å². The van der Waals surface area contributed by atoms with Crippen LogP contribution in [-0.2, 0) is 4.79 Å². The van der Waals surface area contributed by atoms with Crippen molar-refractivity contribution in [3.63, 3.8) is 0 Å². The van der Waals surface area contributed by atoms with Gasteiger partial charge in [-0.3, -0.25) is 9.59 Å². The molecule has 2 amide bonds. The molecule has 0 spiro atoms. The summed E-state index contributed by atoms with van der Waals surface area (Å²) in [4.78, 5) is 26.5. The SMILES string of the molecule is CCN(CC(=O)Nc1ccccc1OC)C(=O)c1cc2cc(Cl)ccc2o1. The Balaban J connectivity index is 1.73. The van der Waals surface area contributed by atoms with Gasteiger partial charge in [-0.15, -0.1) is 0 Å². The highest BCUT2D eigenvalue weighted by molar-refractivity contribution is 6.31. The van der Waals surface area contributed by atoms with E-state index in [1.807, 2.05) is 6.07 Å². The molecule has 0 saturated carbocycles. The van der Waals surface area contributed by atoms with Crippen LogP contribution in [0.4, 0.5) is 5.69 Å². The monoisotopic (exact) mass is 386 g/mol. The second-order valence-electron chi connectivity index (χ2n) is 5.86. The number of amides is 2. The zero-order valence-corrected chi connectivity index (χ0v) is 15.7. The molecule has 0 aliphatic carbocycles. The smallest absolute Gasteiger partial charge is 0.290 e. The van der Waals surface area contributed by atoms with Gasteiger partial charge in [0, 0.05) is 17.0 Å². The van der Waals surface area contributed by atoms with Gasteiger partial charge in [0.15, 0.2) is 5.76 Å². The minimum atomic E-state index is -0.361. The lowest BCUT2D eigenvalue weighted by Gasteiger charge is -2.19. The third kappa shape index (κ3) is 4.23. The van der Waals surface area contributed by atoms with Crippen LogP contribution in [-0.4, -0.2) is 36.9 Å². The van der Waals surface area contributed by atoms with Crippen molar-refractivity contribution >= 4 is 40.1 Å². The summed E-state index contributed by atoms with van der Waals surface area (Å²) in [5, 5.41) is 4.06. The van der Waals surface area contributed by atoms with Crippen molar-refractivity contribution in [3.8, 4) is 5.75 Å². The van der Waals surface area contributed by atoms with Gasteiger partial charge in [-0.05, 0) is 43.3 Å². The predicted octanol–water partition coefficient (Wildman–Crippen LogP) is 4.20. The van der Waals surface area contributed by atoms with Crippen LogP contribution in [0, 0.1) is 0 Å². The quantitative estimate of drug-likeness (QED) is 0.689. The van der Waals surface area contributed by atoms with E-state index < -0.39 is 0 Å². The zero-order chi connectivity index (χ0) is 19.4. The van der Waals surface area contributed by atoms with Crippen molar-refractivity contribution in [1.82, 2.24) is 4.90 Å². The van der Waals surface area contributed by atoms with E-state index in [1.54, 1.807) is 49.4 Å². The first-order valence-electron chi connectivity index (χ1n) is 8.43. The number of likely N-dealkylation sites (N-methyl/N-ethyl adjacent to an activating group) is 1. The topological polar surface area (TPSA) is 71.8 Å². The number of nitrogens with one attached hydrogen (secondary N) is 1. The fourth-order valence-electron chi connectivity index (χ4n) is 2.71. The van der Waals surface area contributed by atoms with Gasteiger partial charge in [0.2, 0.25) is 5.91 Å². The van der Waals surface area contributed by atoms with Gasteiger partial charge in [-0.2, -0.15) is 0 Å². The minimum absolute atomic E-state index is 0.106. The molecule has 0 radical (unpaired) electrons. The van der Waals surface area contributed by atoms with Gasteiger partial charge in [0.1, 0.15) is 17.9 Å². The number of benzene rings is 2. The predicted molar refractivity (Wildman–Crippen MR) is 104 cm³/mol. The number of ether oxygens (including phenoxy) is 1. The molecule has 0 atom stereocenters. The molecule has 27 heavy (non-hydrogen) atoms. The Labute approximate surface area is 161 Å². The molecular weight excluding hydrogens is 368 g/mol. The molecule has 0 bridgehead atoms. The molecule has 2 aromatic carbocycles. The van der Waals surface area contributed by atoms with Gasteiger partial charge >= 0.3 is 0 Å². The summed E-state index contributed by atoms with van der Waals surface area (Å²) in [5.74, 6) is 0.0300. The Morgan fingerprint density at radius 1 is 1.19 bits per heavy atom. The van der Waals surface area contributed by atoms with Gasteiger partial charge in [0.05, 0.1) is 12.8 Å². The minimum Gasteiger partial charge on any atom is -0.495 e. The molecular formula is C20H19ClN2O4. The van der Waals surface area contributed by atoms with Gasteiger partial charge in [0.25, 0.3) is 5.91 Å². The molecule has 140 valence electrons. The van der Waals surface area contributed by atoms with Gasteiger partial charge < -0.3 is 19.4 Å². The number of carbonyl (C=O) groups is 2. The van der Waals surface area contributed by atoms with Crippen LogP contribution in [0.3, 0.4) is 0 Å². The van der Waals surface area contributed by atoms with Crippen LogP contribution < -0.4 is 10.1 Å². The summed E-state index contributed by atoms with van der Waals surface area (Å²) >= 11 is 5.97. The molecule has 1 N–H and O–H groups in total. The average Bonchev–Trinajstić information content (AvgIpc) is 3.09. The van der Waals surface area contributed by atoms with Crippen LogP contribution >= 0.6 is 11.6 Å². The molecule has 1 aromatic heterocycles.